The van der Waals surface area contributed by atoms with Crippen LogP contribution in [0.2, 0.25) is 0 Å². The minimum atomic E-state index is 0.610. The molecular weight excluding hydrogens is 198 g/mol. The van der Waals surface area contributed by atoms with Gasteiger partial charge in [-0.1, -0.05) is 6.07 Å². The van der Waals surface area contributed by atoms with Crippen LogP contribution in [-0.4, -0.2) is 44.1 Å². The SMILES string of the molecule is CN1CCC[C@@H](c2cccc(N(C)C)n2)C1. The standard InChI is InChI=1S/C13H21N3/c1-15(2)13-8-4-7-12(14-13)11-6-5-9-16(3)10-11/h4,7-8,11H,5-6,9-10H2,1-3H3/t11-/m1/s1. The quantitative estimate of drug-likeness (QED) is 0.758. The van der Waals surface area contributed by atoms with E-state index < -0.39 is 0 Å². The lowest BCUT2D eigenvalue weighted by molar-refractivity contribution is 0.248. The van der Waals surface area contributed by atoms with Crippen molar-refractivity contribution in [3.05, 3.63) is 23.9 Å². The first-order chi connectivity index (χ1) is 7.66. The second-order valence-corrected chi connectivity index (χ2v) is 4.92. The maximum Gasteiger partial charge on any atom is 0.128 e. The van der Waals surface area contributed by atoms with E-state index >= 15 is 0 Å². The number of pyridine rings is 1. The molecule has 1 atom stereocenters. The molecule has 0 amide bonds. The van der Waals surface area contributed by atoms with Gasteiger partial charge in [0.05, 0.1) is 0 Å². The average Bonchev–Trinajstić information content (AvgIpc) is 2.29. The van der Waals surface area contributed by atoms with E-state index in [9.17, 15) is 0 Å². The molecule has 2 heterocycles. The van der Waals surface area contributed by atoms with Crippen LogP contribution in [0.1, 0.15) is 24.5 Å². The minimum absolute atomic E-state index is 0.610. The fraction of sp³-hybridized carbons (Fsp3) is 0.615. The van der Waals surface area contributed by atoms with E-state index in [2.05, 4.69) is 35.0 Å². The van der Waals surface area contributed by atoms with Gasteiger partial charge < -0.3 is 9.80 Å². The zero-order chi connectivity index (χ0) is 11.5. The van der Waals surface area contributed by atoms with Gasteiger partial charge in [-0.3, -0.25) is 0 Å². The van der Waals surface area contributed by atoms with E-state index in [1.54, 1.807) is 0 Å². The molecule has 0 N–H and O–H groups in total. The first-order valence-corrected chi connectivity index (χ1v) is 5.99. The lowest BCUT2D eigenvalue weighted by Gasteiger charge is -2.29. The van der Waals surface area contributed by atoms with Crippen molar-refractivity contribution in [2.45, 2.75) is 18.8 Å². The van der Waals surface area contributed by atoms with Gasteiger partial charge in [0.25, 0.3) is 0 Å². The largest absolute Gasteiger partial charge is 0.363 e. The fourth-order valence-electron chi connectivity index (χ4n) is 2.32. The van der Waals surface area contributed by atoms with Crippen molar-refractivity contribution in [2.24, 2.45) is 0 Å². The monoisotopic (exact) mass is 219 g/mol. The summed E-state index contributed by atoms with van der Waals surface area (Å²) in [5, 5.41) is 0. The molecule has 0 bridgehead atoms. The molecule has 0 spiro atoms. The first-order valence-electron chi connectivity index (χ1n) is 5.99. The van der Waals surface area contributed by atoms with Gasteiger partial charge in [-0.15, -0.1) is 0 Å². The summed E-state index contributed by atoms with van der Waals surface area (Å²) in [7, 11) is 6.28. The third-order valence-electron chi connectivity index (χ3n) is 3.26. The molecule has 1 aliphatic heterocycles. The summed E-state index contributed by atoms with van der Waals surface area (Å²) >= 11 is 0. The van der Waals surface area contributed by atoms with Gasteiger partial charge in [0.1, 0.15) is 5.82 Å². The Kier molecular flexibility index (Phi) is 3.44. The Labute approximate surface area is 98.1 Å². The van der Waals surface area contributed by atoms with Crippen LogP contribution in [0.4, 0.5) is 5.82 Å². The highest BCUT2D eigenvalue weighted by atomic mass is 15.1. The van der Waals surface area contributed by atoms with Gasteiger partial charge in [0.2, 0.25) is 0 Å². The van der Waals surface area contributed by atoms with E-state index in [0.29, 0.717) is 5.92 Å². The number of anilines is 1. The fourth-order valence-corrected chi connectivity index (χ4v) is 2.32. The van der Waals surface area contributed by atoms with Crippen molar-refractivity contribution in [3.8, 4) is 0 Å². The minimum Gasteiger partial charge on any atom is -0.363 e. The number of aromatic nitrogens is 1. The van der Waals surface area contributed by atoms with Crippen LogP contribution in [0.5, 0.6) is 0 Å². The molecule has 2 rings (SSSR count). The van der Waals surface area contributed by atoms with Crippen LogP contribution in [0.3, 0.4) is 0 Å². The van der Waals surface area contributed by atoms with Crippen molar-refractivity contribution in [2.75, 3.05) is 39.1 Å². The van der Waals surface area contributed by atoms with Gasteiger partial charge in [-0.2, -0.15) is 0 Å². The van der Waals surface area contributed by atoms with Crippen LogP contribution in [-0.2, 0) is 0 Å². The van der Waals surface area contributed by atoms with E-state index in [4.69, 9.17) is 4.98 Å². The second kappa shape index (κ2) is 4.83. The molecule has 3 nitrogen and oxygen atoms in total. The van der Waals surface area contributed by atoms with E-state index in [0.717, 1.165) is 12.4 Å². The highest BCUT2D eigenvalue weighted by Gasteiger charge is 2.20. The molecule has 0 aromatic carbocycles. The molecule has 0 radical (unpaired) electrons. The van der Waals surface area contributed by atoms with Gasteiger partial charge in [-0.05, 0) is 38.6 Å². The van der Waals surface area contributed by atoms with E-state index in [-0.39, 0.29) is 0 Å². The Bertz CT molecular complexity index is 349. The van der Waals surface area contributed by atoms with Crippen LogP contribution in [0.25, 0.3) is 0 Å². The molecule has 1 aromatic rings. The molecule has 1 saturated heterocycles. The zero-order valence-electron chi connectivity index (χ0n) is 10.5. The highest BCUT2D eigenvalue weighted by molar-refractivity contribution is 5.37. The summed E-state index contributed by atoms with van der Waals surface area (Å²) in [6.45, 7) is 2.37. The van der Waals surface area contributed by atoms with Crippen LogP contribution < -0.4 is 4.90 Å². The van der Waals surface area contributed by atoms with Crippen LogP contribution >= 0.6 is 0 Å². The summed E-state index contributed by atoms with van der Waals surface area (Å²) in [4.78, 5) is 9.20. The smallest absolute Gasteiger partial charge is 0.128 e. The van der Waals surface area contributed by atoms with Crippen molar-refractivity contribution >= 4 is 5.82 Å². The third-order valence-corrected chi connectivity index (χ3v) is 3.26. The summed E-state index contributed by atoms with van der Waals surface area (Å²) in [6, 6.07) is 6.35. The summed E-state index contributed by atoms with van der Waals surface area (Å²) in [5.74, 6) is 1.67. The summed E-state index contributed by atoms with van der Waals surface area (Å²) in [6.07, 6.45) is 2.56. The number of piperidine rings is 1. The van der Waals surface area contributed by atoms with Gasteiger partial charge in [-0.25, -0.2) is 4.98 Å². The lowest BCUT2D eigenvalue weighted by Crippen LogP contribution is -2.31. The molecule has 88 valence electrons. The Morgan fingerprint density at radius 2 is 2.19 bits per heavy atom. The predicted octanol–water partition coefficient (Wildman–Crippen LogP) is 1.96. The molecule has 0 unspecified atom stereocenters. The van der Waals surface area contributed by atoms with Crippen LogP contribution in [0.15, 0.2) is 18.2 Å². The maximum atomic E-state index is 4.73. The van der Waals surface area contributed by atoms with Gasteiger partial charge in [0, 0.05) is 32.3 Å². The normalized spacial score (nSPS) is 22.1. The van der Waals surface area contributed by atoms with Crippen molar-refractivity contribution < 1.29 is 0 Å². The average molecular weight is 219 g/mol. The van der Waals surface area contributed by atoms with E-state index in [1.807, 2.05) is 14.1 Å². The molecule has 1 aromatic heterocycles. The zero-order valence-corrected chi connectivity index (χ0v) is 10.5. The topological polar surface area (TPSA) is 19.4 Å². The maximum absolute atomic E-state index is 4.73. The number of rotatable bonds is 2. The highest BCUT2D eigenvalue weighted by Crippen LogP contribution is 2.25. The second-order valence-electron chi connectivity index (χ2n) is 4.92. The van der Waals surface area contributed by atoms with E-state index in [1.165, 1.54) is 25.1 Å². The molecule has 0 aliphatic carbocycles. The Morgan fingerprint density at radius 3 is 2.88 bits per heavy atom. The summed E-state index contributed by atoms with van der Waals surface area (Å²) < 4.78 is 0. The number of hydrogen-bond donors (Lipinski definition) is 0. The number of nitrogens with zero attached hydrogens (tertiary/aromatic N) is 3. The predicted molar refractivity (Wildman–Crippen MR) is 68.0 cm³/mol. The summed E-state index contributed by atoms with van der Waals surface area (Å²) in [5.41, 5.74) is 1.25. The van der Waals surface area contributed by atoms with Crippen molar-refractivity contribution in [1.29, 1.82) is 0 Å². The molecule has 3 heteroatoms. The first kappa shape index (κ1) is 11.4. The van der Waals surface area contributed by atoms with Crippen LogP contribution in [0, 0.1) is 0 Å². The number of likely N-dealkylation sites (tertiary alicyclic amines) is 1. The molecule has 1 aliphatic rings. The third kappa shape index (κ3) is 2.53. The molecule has 1 fully saturated rings. The van der Waals surface area contributed by atoms with Gasteiger partial charge in [0.15, 0.2) is 0 Å². The van der Waals surface area contributed by atoms with Crippen molar-refractivity contribution in [1.82, 2.24) is 9.88 Å². The Hall–Kier alpha value is -1.09. The number of hydrogen-bond acceptors (Lipinski definition) is 3. The molecule has 0 saturated carbocycles. The number of likely N-dealkylation sites (N-methyl/N-ethyl adjacent to an activating group) is 1. The van der Waals surface area contributed by atoms with Gasteiger partial charge >= 0.3 is 0 Å². The molecular formula is C13H21N3. The Balaban J connectivity index is 2.16. The Morgan fingerprint density at radius 1 is 1.38 bits per heavy atom. The lowest BCUT2D eigenvalue weighted by atomic mass is 9.94. The van der Waals surface area contributed by atoms with Crippen molar-refractivity contribution in [3.63, 3.8) is 0 Å². The molecule has 16 heavy (non-hydrogen) atoms.